The maximum Gasteiger partial charge on any atom is 1.00 e. The summed E-state index contributed by atoms with van der Waals surface area (Å²) in [4.78, 5) is 6.81. The third-order valence-corrected chi connectivity index (χ3v) is 6.07. The quantitative estimate of drug-likeness (QED) is 0.319. The van der Waals surface area contributed by atoms with Crippen molar-refractivity contribution in [1.29, 1.82) is 0 Å². The molecule has 0 radical (unpaired) electrons. The van der Waals surface area contributed by atoms with E-state index in [0.717, 1.165) is 51.3 Å². The van der Waals surface area contributed by atoms with Gasteiger partial charge in [-0.1, -0.05) is 37.8 Å². The number of aromatic nitrogens is 1. The van der Waals surface area contributed by atoms with Gasteiger partial charge in [-0.2, -0.15) is 35.9 Å². The molecule has 3 N–H and O–H groups in total. The van der Waals surface area contributed by atoms with E-state index < -0.39 is 0 Å². The Morgan fingerprint density at radius 2 is 1.69 bits per heavy atom. The number of anilines is 2. The van der Waals surface area contributed by atoms with Crippen molar-refractivity contribution in [1.82, 2.24) is 9.88 Å². The molecule has 0 bridgehead atoms. The first-order chi connectivity index (χ1) is 16.8. The zero-order valence-corrected chi connectivity index (χ0v) is 22.1. The van der Waals surface area contributed by atoms with Crippen LogP contribution in [0.25, 0.3) is 16.6 Å². The SMILES string of the molecule is C=C(Nc1ccc2nc(C)c(C)c(N)c2c1)c1ccccc1CN(C[CH2-])C[CH2-].Cc1cc[c-]cc1.[Li+]. The maximum atomic E-state index is 6.33. The molecule has 0 unspecified atom stereocenters. The Labute approximate surface area is 228 Å². The van der Waals surface area contributed by atoms with Gasteiger partial charge in [0.25, 0.3) is 0 Å². The van der Waals surface area contributed by atoms with Gasteiger partial charge in [-0.15, -0.1) is 13.1 Å². The Morgan fingerprint density at radius 1 is 1.03 bits per heavy atom. The number of rotatable bonds is 7. The van der Waals surface area contributed by atoms with Crippen LogP contribution in [-0.4, -0.2) is 23.0 Å². The topological polar surface area (TPSA) is 54.2 Å². The Bertz CT molecular complexity index is 1280. The van der Waals surface area contributed by atoms with Crippen LogP contribution in [0.1, 0.15) is 27.9 Å². The van der Waals surface area contributed by atoms with Gasteiger partial charge < -0.3 is 29.8 Å². The number of pyridine rings is 1. The molecule has 0 saturated heterocycles. The van der Waals surface area contributed by atoms with E-state index in [0.29, 0.717) is 13.1 Å². The maximum absolute atomic E-state index is 6.33. The Hall–Kier alpha value is -3.03. The minimum absolute atomic E-state index is 0. The van der Waals surface area contributed by atoms with Gasteiger partial charge in [0.2, 0.25) is 0 Å². The molecule has 4 rings (SSSR count). The zero-order chi connectivity index (χ0) is 25.4. The normalized spacial score (nSPS) is 10.4. The van der Waals surface area contributed by atoms with Crippen molar-refractivity contribution in [2.45, 2.75) is 27.3 Å². The van der Waals surface area contributed by atoms with Gasteiger partial charge in [0.05, 0.1) is 5.52 Å². The summed E-state index contributed by atoms with van der Waals surface area (Å²) in [6.07, 6.45) is 0. The number of nitrogens with zero attached hydrogens (tertiary/aromatic N) is 2. The molecule has 0 atom stereocenters. The van der Waals surface area contributed by atoms with Crippen LogP contribution in [0.3, 0.4) is 0 Å². The molecule has 0 aliphatic heterocycles. The van der Waals surface area contributed by atoms with Crippen LogP contribution in [0.2, 0.25) is 0 Å². The monoisotopic (exact) mass is 470 g/mol. The molecule has 36 heavy (non-hydrogen) atoms. The van der Waals surface area contributed by atoms with Gasteiger partial charge in [0, 0.05) is 40.3 Å². The molecular weight excluding hydrogens is 435 g/mol. The fourth-order valence-electron chi connectivity index (χ4n) is 3.76. The van der Waals surface area contributed by atoms with Crippen molar-refractivity contribution in [3.63, 3.8) is 0 Å². The Morgan fingerprint density at radius 3 is 2.31 bits per heavy atom. The van der Waals surface area contributed by atoms with Gasteiger partial charge in [0.15, 0.2) is 0 Å². The summed E-state index contributed by atoms with van der Waals surface area (Å²) < 4.78 is 0. The van der Waals surface area contributed by atoms with E-state index in [1.165, 1.54) is 11.1 Å². The van der Waals surface area contributed by atoms with Gasteiger partial charge in [-0.25, -0.2) is 0 Å². The average Bonchev–Trinajstić information content (AvgIpc) is 2.87. The van der Waals surface area contributed by atoms with Crippen LogP contribution in [0, 0.1) is 40.7 Å². The van der Waals surface area contributed by atoms with Crippen LogP contribution in [0.4, 0.5) is 11.4 Å². The predicted molar refractivity (Wildman–Crippen MR) is 151 cm³/mol. The molecule has 0 aliphatic rings. The van der Waals surface area contributed by atoms with Crippen LogP contribution in [0.15, 0.2) is 73.3 Å². The van der Waals surface area contributed by atoms with Gasteiger partial charge in [-0.3, -0.25) is 4.98 Å². The Balaban J connectivity index is 0.000000492. The van der Waals surface area contributed by atoms with E-state index in [2.05, 4.69) is 60.7 Å². The molecule has 0 amide bonds. The van der Waals surface area contributed by atoms with Crippen molar-refractivity contribution < 1.29 is 18.9 Å². The van der Waals surface area contributed by atoms with Gasteiger partial charge in [0.1, 0.15) is 0 Å². The van der Waals surface area contributed by atoms with E-state index in [1.54, 1.807) is 0 Å². The molecule has 4 nitrogen and oxygen atoms in total. The largest absolute Gasteiger partial charge is 1.00 e. The smallest absolute Gasteiger partial charge is 0.398 e. The average molecular weight is 471 g/mol. The van der Waals surface area contributed by atoms with Crippen molar-refractivity contribution in [2.75, 3.05) is 24.1 Å². The number of nitrogens with two attached hydrogens (primary N) is 1. The second kappa shape index (κ2) is 13.9. The Kier molecular flexibility index (Phi) is 11.3. The van der Waals surface area contributed by atoms with E-state index >= 15 is 0 Å². The second-order valence-corrected chi connectivity index (χ2v) is 8.58. The summed E-state index contributed by atoms with van der Waals surface area (Å²) in [5, 5.41) is 4.39. The second-order valence-electron chi connectivity index (χ2n) is 8.58. The molecule has 182 valence electrons. The summed E-state index contributed by atoms with van der Waals surface area (Å²) in [6, 6.07) is 25.1. The molecule has 4 aromatic rings. The molecule has 0 aliphatic carbocycles. The van der Waals surface area contributed by atoms with Crippen LogP contribution in [-0.2, 0) is 6.54 Å². The fourth-order valence-corrected chi connectivity index (χ4v) is 3.76. The number of hydrogen-bond acceptors (Lipinski definition) is 4. The van der Waals surface area contributed by atoms with E-state index in [4.69, 9.17) is 5.73 Å². The zero-order valence-electron chi connectivity index (χ0n) is 22.1. The molecule has 1 heterocycles. The first-order valence-electron chi connectivity index (χ1n) is 11.8. The third kappa shape index (κ3) is 7.48. The van der Waals surface area contributed by atoms with Crippen molar-refractivity contribution >= 4 is 28.0 Å². The fraction of sp³-hybridized carbons (Fsp3) is 0.194. The number of nitrogen functional groups attached to an aromatic ring is 1. The summed E-state index contributed by atoms with van der Waals surface area (Å²) >= 11 is 0. The number of benzene rings is 3. The van der Waals surface area contributed by atoms with E-state index in [1.807, 2.05) is 68.4 Å². The first kappa shape index (κ1) is 29.2. The van der Waals surface area contributed by atoms with E-state index in [9.17, 15) is 0 Å². The molecule has 0 fully saturated rings. The molecule has 0 spiro atoms. The molecule has 3 aromatic carbocycles. The van der Waals surface area contributed by atoms with E-state index in [-0.39, 0.29) is 18.9 Å². The first-order valence-corrected chi connectivity index (χ1v) is 11.8. The van der Waals surface area contributed by atoms with Crippen LogP contribution in [0.5, 0.6) is 0 Å². The predicted octanol–water partition coefficient (Wildman–Crippen LogP) is 3.79. The van der Waals surface area contributed by atoms with Crippen LogP contribution >= 0.6 is 0 Å². The third-order valence-electron chi connectivity index (χ3n) is 6.07. The minimum atomic E-state index is 0. The molecule has 1 aromatic heterocycles. The van der Waals surface area contributed by atoms with Gasteiger partial charge >= 0.3 is 18.9 Å². The van der Waals surface area contributed by atoms with Crippen LogP contribution < -0.4 is 29.9 Å². The summed E-state index contributed by atoms with van der Waals surface area (Å²) in [6.45, 7) is 20.5. The summed E-state index contributed by atoms with van der Waals surface area (Å²) in [5.74, 6) is 0. The standard InChI is InChI=1S/C24H28N4.C7H7.Li/c1-6-28(7-2)15-19-10-8-9-11-21(19)18(5)26-20-12-13-23-22(14-20)24(25)16(3)17(4)27-23;1-7-5-3-2-4-6-7;/h8-14,26H,1-2,5-7,15H2,3-4H3,(H2,25,27);3-6H,1H3;/q-2;-1;+1. The van der Waals surface area contributed by atoms with Crippen molar-refractivity contribution in [3.8, 4) is 0 Å². The minimum Gasteiger partial charge on any atom is -0.398 e. The number of hydrogen-bond donors (Lipinski definition) is 2. The van der Waals surface area contributed by atoms with Crippen molar-refractivity contribution in [3.05, 3.63) is 121 Å². The summed E-state index contributed by atoms with van der Waals surface area (Å²) in [7, 11) is 0. The van der Waals surface area contributed by atoms with Gasteiger partial charge in [-0.05, 0) is 43.2 Å². The summed E-state index contributed by atoms with van der Waals surface area (Å²) in [5.41, 5.74) is 15.4. The molecule has 0 saturated carbocycles. The number of aryl methyl sites for hydroxylation is 2. The van der Waals surface area contributed by atoms with Crippen molar-refractivity contribution in [2.24, 2.45) is 0 Å². The number of nitrogens with one attached hydrogen (secondary N) is 1. The molecule has 5 heteroatoms. The number of fused-ring (bicyclic) bond motifs is 1. The molecular formula is C31H35LiN4-2.